The maximum absolute atomic E-state index is 11.1. The van der Waals surface area contributed by atoms with E-state index in [0.717, 1.165) is 31.3 Å². The summed E-state index contributed by atoms with van der Waals surface area (Å²) in [6.45, 7) is 7.33. The molecule has 0 radical (unpaired) electrons. The third kappa shape index (κ3) is 2.51. The van der Waals surface area contributed by atoms with E-state index in [-0.39, 0.29) is 6.10 Å². The monoisotopic (exact) mass is 334 g/mol. The molecule has 7 atom stereocenters. The van der Waals surface area contributed by atoms with Crippen LogP contribution in [-0.4, -0.2) is 23.4 Å². The van der Waals surface area contributed by atoms with E-state index in [1.165, 1.54) is 51.4 Å². The Balaban J connectivity index is 0.000000815. The zero-order valence-electron chi connectivity index (χ0n) is 16.2. The Hall–Kier alpha value is -0.340. The van der Waals surface area contributed by atoms with Gasteiger partial charge in [-0.05, 0) is 86.4 Å². The number of hydrogen-bond acceptors (Lipinski definition) is 2. The van der Waals surface area contributed by atoms with E-state index in [1.54, 1.807) is 5.57 Å². The molecule has 0 bridgehead atoms. The molecule has 0 aliphatic heterocycles. The number of hydrogen-bond donors (Lipinski definition) is 2. The minimum atomic E-state index is -0.0259. The van der Waals surface area contributed by atoms with Gasteiger partial charge >= 0.3 is 0 Å². The summed E-state index contributed by atoms with van der Waals surface area (Å²) < 4.78 is 0. The molecule has 24 heavy (non-hydrogen) atoms. The van der Waals surface area contributed by atoms with Crippen molar-refractivity contribution in [3.8, 4) is 0 Å². The predicted molar refractivity (Wildman–Crippen MR) is 99.6 cm³/mol. The highest BCUT2D eigenvalue weighted by Crippen LogP contribution is 2.67. The van der Waals surface area contributed by atoms with Crippen LogP contribution in [0.3, 0.4) is 0 Å². The summed E-state index contributed by atoms with van der Waals surface area (Å²) in [5.74, 6) is 2.91. The first-order valence-corrected chi connectivity index (χ1v) is 10.3. The maximum Gasteiger partial charge on any atom is 0.0577 e. The second-order valence-electron chi connectivity index (χ2n) is 9.35. The molecule has 2 nitrogen and oxygen atoms in total. The summed E-state index contributed by atoms with van der Waals surface area (Å²) in [6, 6.07) is 0. The number of aliphatic hydroxyl groups is 2. The first kappa shape index (κ1) is 18.5. The predicted octanol–water partition coefficient (Wildman–Crippen LogP) is 4.94. The highest BCUT2D eigenvalue weighted by molar-refractivity contribution is 5.24. The summed E-state index contributed by atoms with van der Waals surface area (Å²) in [4.78, 5) is 0. The Labute approximate surface area is 148 Å². The lowest BCUT2D eigenvalue weighted by molar-refractivity contribution is -0.153. The topological polar surface area (TPSA) is 40.5 Å². The van der Waals surface area contributed by atoms with E-state index in [0.29, 0.717) is 16.7 Å². The fourth-order valence-corrected chi connectivity index (χ4v) is 7.58. The first-order chi connectivity index (χ1) is 11.5. The lowest BCUT2D eigenvalue weighted by atomic mass is 9.44. The summed E-state index contributed by atoms with van der Waals surface area (Å²) in [5.41, 5.74) is 2.62. The van der Waals surface area contributed by atoms with Crippen molar-refractivity contribution < 1.29 is 10.2 Å². The largest absolute Gasteiger partial charge is 0.400 e. The van der Waals surface area contributed by atoms with Crippen LogP contribution in [0.25, 0.3) is 0 Å². The van der Waals surface area contributed by atoms with E-state index in [9.17, 15) is 5.11 Å². The average molecular weight is 335 g/mol. The third-order valence-corrected chi connectivity index (χ3v) is 8.80. The zero-order chi connectivity index (χ0) is 17.5. The number of aliphatic hydroxyl groups excluding tert-OH is 2. The van der Waals surface area contributed by atoms with Gasteiger partial charge in [0.05, 0.1) is 6.10 Å². The summed E-state index contributed by atoms with van der Waals surface area (Å²) >= 11 is 0. The smallest absolute Gasteiger partial charge is 0.0577 e. The van der Waals surface area contributed by atoms with E-state index in [2.05, 4.69) is 26.8 Å². The van der Waals surface area contributed by atoms with Gasteiger partial charge in [-0.1, -0.05) is 38.3 Å². The van der Waals surface area contributed by atoms with Crippen molar-refractivity contribution in [1.29, 1.82) is 0 Å². The molecule has 4 rings (SSSR count). The molecule has 0 amide bonds. The standard InChI is InChI=1S/C21H34O.CH4O/c1-4-14-8-9-16-19-17(10-12-21(14,16)3)20(2)11-6-5-7-15(20)13-18(19)22;1-2/h4,15-19,22H,5-13H2,1-3H3;2H,1H3/b14-4-;/t15?,16?,17?,18-,19?,20-,21+;/m0./s1. The summed E-state index contributed by atoms with van der Waals surface area (Å²) in [6.07, 6.45) is 14.4. The Morgan fingerprint density at radius 1 is 1.00 bits per heavy atom. The van der Waals surface area contributed by atoms with Gasteiger partial charge in [-0.15, -0.1) is 0 Å². The highest BCUT2D eigenvalue weighted by atomic mass is 16.3. The van der Waals surface area contributed by atoms with Gasteiger partial charge in [-0.2, -0.15) is 0 Å². The third-order valence-electron chi connectivity index (χ3n) is 8.80. The number of allylic oxidation sites excluding steroid dienone is 2. The molecule has 4 fully saturated rings. The molecule has 4 saturated carbocycles. The first-order valence-electron chi connectivity index (χ1n) is 10.3. The van der Waals surface area contributed by atoms with Gasteiger partial charge < -0.3 is 10.2 Å². The van der Waals surface area contributed by atoms with Crippen LogP contribution in [0.2, 0.25) is 0 Å². The van der Waals surface area contributed by atoms with Gasteiger partial charge in [0.15, 0.2) is 0 Å². The van der Waals surface area contributed by atoms with E-state index >= 15 is 0 Å². The van der Waals surface area contributed by atoms with Gasteiger partial charge in [0, 0.05) is 7.11 Å². The van der Waals surface area contributed by atoms with Crippen molar-refractivity contribution in [2.75, 3.05) is 7.11 Å². The molecule has 0 heterocycles. The molecule has 0 saturated heterocycles. The summed E-state index contributed by atoms with van der Waals surface area (Å²) in [5, 5.41) is 18.1. The molecule has 4 unspecified atom stereocenters. The second kappa shape index (κ2) is 6.76. The highest BCUT2D eigenvalue weighted by Gasteiger charge is 2.60. The Morgan fingerprint density at radius 2 is 1.75 bits per heavy atom. The fraction of sp³-hybridized carbons (Fsp3) is 0.909. The molecule has 0 aromatic carbocycles. The van der Waals surface area contributed by atoms with Crippen molar-refractivity contribution in [3.05, 3.63) is 11.6 Å². The lowest BCUT2D eigenvalue weighted by Crippen LogP contribution is -2.57. The van der Waals surface area contributed by atoms with E-state index in [4.69, 9.17) is 5.11 Å². The van der Waals surface area contributed by atoms with Crippen LogP contribution in [0.5, 0.6) is 0 Å². The van der Waals surface area contributed by atoms with Crippen LogP contribution in [0.15, 0.2) is 11.6 Å². The molecule has 4 aliphatic rings. The fourth-order valence-electron chi connectivity index (χ4n) is 7.58. The molecule has 0 aromatic heterocycles. The maximum atomic E-state index is 11.1. The van der Waals surface area contributed by atoms with Crippen molar-refractivity contribution in [2.45, 2.75) is 84.7 Å². The Bertz CT molecular complexity index is 484. The molecule has 0 aromatic rings. The quantitative estimate of drug-likeness (QED) is 0.616. The Morgan fingerprint density at radius 3 is 2.46 bits per heavy atom. The van der Waals surface area contributed by atoms with Gasteiger partial charge in [-0.25, -0.2) is 0 Å². The van der Waals surface area contributed by atoms with Crippen LogP contribution in [0.4, 0.5) is 0 Å². The Kier molecular flexibility index (Phi) is 5.20. The molecular weight excluding hydrogens is 296 g/mol. The van der Waals surface area contributed by atoms with Gasteiger partial charge in [0.1, 0.15) is 0 Å². The van der Waals surface area contributed by atoms with E-state index in [1.807, 2.05) is 0 Å². The normalized spacial score (nSPS) is 51.9. The van der Waals surface area contributed by atoms with Gasteiger partial charge in [-0.3, -0.25) is 0 Å². The van der Waals surface area contributed by atoms with Crippen molar-refractivity contribution in [2.24, 2.45) is 34.5 Å². The molecule has 2 N–H and O–H groups in total. The number of rotatable bonds is 0. The van der Waals surface area contributed by atoms with Crippen molar-refractivity contribution in [1.82, 2.24) is 0 Å². The average Bonchev–Trinajstić information content (AvgIpc) is 2.93. The van der Waals surface area contributed by atoms with Gasteiger partial charge in [0.25, 0.3) is 0 Å². The minimum Gasteiger partial charge on any atom is -0.400 e. The van der Waals surface area contributed by atoms with Crippen LogP contribution < -0.4 is 0 Å². The summed E-state index contributed by atoms with van der Waals surface area (Å²) in [7, 11) is 1.00. The van der Waals surface area contributed by atoms with Crippen LogP contribution in [-0.2, 0) is 0 Å². The molecule has 4 aliphatic carbocycles. The van der Waals surface area contributed by atoms with Crippen LogP contribution >= 0.6 is 0 Å². The molecule has 0 spiro atoms. The minimum absolute atomic E-state index is 0.0259. The molecule has 2 heteroatoms. The second-order valence-corrected chi connectivity index (χ2v) is 9.35. The SMILES string of the molecule is C/C=C1/CCC2C3C(CC[C@]12C)[C@@]1(C)CCCCC1C[C@@H]3O.CO. The van der Waals surface area contributed by atoms with E-state index < -0.39 is 0 Å². The lowest BCUT2D eigenvalue weighted by Gasteiger charge is -2.61. The molecular formula is C22H38O2. The van der Waals surface area contributed by atoms with Crippen LogP contribution in [0, 0.1) is 34.5 Å². The number of fused-ring (bicyclic) bond motifs is 5. The van der Waals surface area contributed by atoms with Crippen molar-refractivity contribution >= 4 is 0 Å². The van der Waals surface area contributed by atoms with Crippen molar-refractivity contribution in [3.63, 3.8) is 0 Å². The van der Waals surface area contributed by atoms with Crippen LogP contribution in [0.1, 0.15) is 78.6 Å². The van der Waals surface area contributed by atoms with Gasteiger partial charge in [0.2, 0.25) is 0 Å². The molecule has 138 valence electrons. The zero-order valence-corrected chi connectivity index (χ0v) is 16.2.